The number of aryl methyl sites for hydroxylation is 1. The number of imide groups is 1. The molecule has 1 aliphatic heterocycles. The van der Waals surface area contributed by atoms with Crippen LogP contribution in [0.4, 0.5) is 10.5 Å². The molecule has 1 saturated heterocycles. The van der Waals surface area contributed by atoms with Crippen molar-refractivity contribution in [3.8, 4) is 11.5 Å². The van der Waals surface area contributed by atoms with E-state index < -0.39 is 17.1 Å². The summed E-state index contributed by atoms with van der Waals surface area (Å²) in [6.45, 7) is 7.97. The van der Waals surface area contributed by atoms with Gasteiger partial charge in [0.1, 0.15) is 6.54 Å². The molecule has 2 aromatic carbocycles. The first-order chi connectivity index (χ1) is 15.8. The molecular weight excluding hydrogens is 440 g/mol. The van der Waals surface area contributed by atoms with Crippen LogP contribution in [0.5, 0.6) is 11.5 Å². The van der Waals surface area contributed by atoms with Crippen LogP contribution in [0.1, 0.15) is 38.3 Å². The van der Waals surface area contributed by atoms with Gasteiger partial charge in [0, 0.05) is 5.69 Å². The summed E-state index contributed by atoms with van der Waals surface area (Å²) >= 11 is 0.811. The van der Waals surface area contributed by atoms with Crippen molar-refractivity contribution in [1.82, 2.24) is 4.90 Å². The zero-order valence-electron chi connectivity index (χ0n) is 19.2. The van der Waals surface area contributed by atoms with E-state index in [0.29, 0.717) is 29.4 Å². The van der Waals surface area contributed by atoms with Crippen LogP contribution >= 0.6 is 11.8 Å². The monoisotopic (exact) mass is 468 g/mol. The zero-order chi connectivity index (χ0) is 24.0. The van der Waals surface area contributed by atoms with Gasteiger partial charge in [-0.25, -0.2) is 0 Å². The standard InChI is InChI=1S/C25H28N2O5S/c1-5-17(4)32-20-12-9-18(13-21(20)31-6-2)14-22-24(29)27(25(30)33-22)15-23(28)26-19-10-7-16(3)8-11-19/h7-14,17H,5-6,15H2,1-4H3,(H,26,28). The zero-order valence-corrected chi connectivity index (χ0v) is 20.0. The lowest BCUT2D eigenvalue weighted by Crippen LogP contribution is -2.36. The van der Waals surface area contributed by atoms with Gasteiger partial charge in [-0.2, -0.15) is 0 Å². The second-order valence-corrected chi connectivity index (χ2v) is 8.65. The molecule has 1 N–H and O–H groups in total. The van der Waals surface area contributed by atoms with Gasteiger partial charge in [0.05, 0.1) is 17.6 Å². The highest BCUT2D eigenvalue weighted by Gasteiger charge is 2.36. The molecular formula is C25H28N2O5S. The lowest BCUT2D eigenvalue weighted by atomic mass is 10.1. The molecule has 1 heterocycles. The van der Waals surface area contributed by atoms with E-state index in [0.717, 1.165) is 28.6 Å². The summed E-state index contributed by atoms with van der Waals surface area (Å²) < 4.78 is 11.6. The molecule has 3 rings (SSSR count). The molecule has 1 fully saturated rings. The van der Waals surface area contributed by atoms with Crippen molar-refractivity contribution < 1.29 is 23.9 Å². The summed E-state index contributed by atoms with van der Waals surface area (Å²) in [4.78, 5) is 38.8. The van der Waals surface area contributed by atoms with E-state index in [2.05, 4.69) is 5.32 Å². The van der Waals surface area contributed by atoms with Crippen molar-refractivity contribution >= 4 is 40.6 Å². The largest absolute Gasteiger partial charge is 0.490 e. The van der Waals surface area contributed by atoms with Crippen molar-refractivity contribution in [2.45, 2.75) is 40.2 Å². The minimum Gasteiger partial charge on any atom is -0.490 e. The molecule has 2 aromatic rings. The van der Waals surface area contributed by atoms with Crippen molar-refractivity contribution in [3.05, 3.63) is 58.5 Å². The first-order valence-electron chi connectivity index (χ1n) is 10.9. The van der Waals surface area contributed by atoms with E-state index in [-0.39, 0.29) is 17.6 Å². The third-order valence-corrected chi connectivity index (χ3v) is 5.89. The summed E-state index contributed by atoms with van der Waals surface area (Å²) in [6.07, 6.45) is 2.52. The Morgan fingerprint density at radius 2 is 1.85 bits per heavy atom. The maximum Gasteiger partial charge on any atom is 0.294 e. The summed E-state index contributed by atoms with van der Waals surface area (Å²) in [5.74, 6) is 0.266. The molecule has 7 nitrogen and oxygen atoms in total. The summed E-state index contributed by atoms with van der Waals surface area (Å²) in [6, 6.07) is 12.7. The Morgan fingerprint density at radius 3 is 2.52 bits per heavy atom. The first-order valence-corrected chi connectivity index (χ1v) is 11.7. The molecule has 0 spiro atoms. The van der Waals surface area contributed by atoms with Gasteiger partial charge in [0.15, 0.2) is 11.5 Å². The lowest BCUT2D eigenvalue weighted by Gasteiger charge is -2.16. The van der Waals surface area contributed by atoms with E-state index >= 15 is 0 Å². The highest BCUT2D eigenvalue weighted by Crippen LogP contribution is 2.35. The average molecular weight is 469 g/mol. The van der Waals surface area contributed by atoms with Crippen LogP contribution in [-0.2, 0) is 9.59 Å². The topological polar surface area (TPSA) is 84.9 Å². The second kappa shape index (κ2) is 11.0. The fraction of sp³-hybridized carbons (Fsp3) is 0.320. The van der Waals surface area contributed by atoms with Crippen LogP contribution in [0, 0.1) is 6.92 Å². The van der Waals surface area contributed by atoms with Crippen molar-refractivity contribution in [2.24, 2.45) is 0 Å². The fourth-order valence-corrected chi connectivity index (χ4v) is 3.89. The molecule has 0 bridgehead atoms. The predicted molar refractivity (Wildman–Crippen MR) is 130 cm³/mol. The highest BCUT2D eigenvalue weighted by molar-refractivity contribution is 8.18. The lowest BCUT2D eigenvalue weighted by molar-refractivity contribution is -0.127. The van der Waals surface area contributed by atoms with E-state index in [1.54, 1.807) is 36.4 Å². The molecule has 1 atom stereocenters. The number of ether oxygens (including phenoxy) is 2. The molecule has 174 valence electrons. The minimum absolute atomic E-state index is 0.0395. The number of amides is 3. The van der Waals surface area contributed by atoms with Gasteiger partial charge in [-0.05, 0) is 74.9 Å². The maximum absolute atomic E-state index is 12.8. The number of rotatable bonds is 9. The van der Waals surface area contributed by atoms with Crippen LogP contribution in [0.3, 0.4) is 0 Å². The number of nitrogens with one attached hydrogen (secondary N) is 1. The normalized spacial score (nSPS) is 15.6. The number of hydrogen-bond donors (Lipinski definition) is 1. The average Bonchev–Trinajstić information content (AvgIpc) is 3.04. The van der Waals surface area contributed by atoms with Crippen LogP contribution in [-0.4, -0.2) is 41.2 Å². The number of anilines is 1. The molecule has 0 saturated carbocycles. The molecule has 33 heavy (non-hydrogen) atoms. The molecule has 0 aromatic heterocycles. The number of thioether (sulfide) groups is 1. The third kappa shape index (κ3) is 6.38. The highest BCUT2D eigenvalue weighted by atomic mass is 32.2. The van der Waals surface area contributed by atoms with Crippen molar-refractivity contribution in [1.29, 1.82) is 0 Å². The van der Waals surface area contributed by atoms with E-state index in [4.69, 9.17) is 9.47 Å². The molecule has 1 aliphatic rings. The van der Waals surface area contributed by atoms with Gasteiger partial charge in [-0.3, -0.25) is 19.3 Å². The number of hydrogen-bond acceptors (Lipinski definition) is 6. The van der Waals surface area contributed by atoms with Gasteiger partial charge < -0.3 is 14.8 Å². The molecule has 0 aliphatic carbocycles. The molecule has 1 unspecified atom stereocenters. The summed E-state index contributed by atoms with van der Waals surface area (Å²) in [7, 11) is 0. The Hall–Kier alpha value is -3.26. The quantitative estimate of drug-likeness (QED) is 0.506. The Bertz CT molecular complexity index is 1060. The maximum atomic E-state index is 12.8. The Morgan fingerprint density at radius 1 is 1.12 bits per heavy atom. The van der Waals surface area contributed by atoms with E-state index in [9.17, 15) is 14.4 Å². The number of benzene rings is 2. The van der Waals surface area contributed by atoms with Gasteiger partial charge in [0.2, 0.25) is 5.91 Å². The van der Waals surface area contributed by atoms with Crippen LogP contribution in [0.2, 0.25) is 0 Å². The third-order valence-electron chi connectivity index (χ3n) is 4.98. The van der Waals surface area contributed by atoms with Crippen LogP contribution in [0.15, 0.2) is 47.4 Å². The minimum atomic E-state index is -0.498. The van der Waals surface area contributed by atoms with Gasteiger partial charge in [0.25, 0.3) is 11.1 Å². The molecule has 3 amide bonds. The van der Waals surface area contributed by atoms with Gasteiger partial charge >= 0.3 is 0 Å². The predicted octanol–water partition coefficient (Wildman–Crippen LogP) is 5.25. The Labute approximate surface area is 198 Å². The van der Waals surface area contributed by atoms with Gasteiger partial charge in [-0.1, -0.05) is 30.7 Å². The number of nitrogens with zero attached hydrogens (tertiary/aromatic N) is 1. The fourth-order valence-electron chi connectivity index (χ4n) is 3.05. The molecule has 8 heteroatoms. The van der Waals surface area contributed by atoms with E-state index in [1.165, 1.54) is 0 Å². The van der Waals surface area contributed by atoms with Crippen LogP contribution < -0.4 is 14.8 Å². The molecule has 0 radical (unpaired) electrons. The van der Waals surface area contributed by atoms with Gasteiger partial charge in [-0.15, -0.1) is 0 Å². The smallest absolute Gasteiger partial charge is 0.294 e. The Kier molecular flexibility index (Phi) is 8.16. The van der Waals surface area contributed by atoms with E-state index in [1.807, 2.05) is 39.8 Å². The van der Waals surface area contributed by atoms with Crippen LogP contribution in [0.25, 0.3) is 6.08 Å². The van der Waals surface area contributed by atoms with Crippen molar-refractivity contribution in [2.75, 3.05) is 18.5 Å². The second-order valence-electron chi connectivity index (χ2n) is 7.66. The Balaban J connectivity index is 1.72. The SMILES string of the molecule is CCOc1cc(C=C2SC(=O)N(CC(=O)Nc3ccc(C)cc3)C2=O)ccc1OC(C)CC. The summed E-state index contributed by atoms with van der Waals surface area (Å²) in [5.41, 5.74) is 2.37. The number of carbonyl (C=O) groups is 3. The van der Waals surface area contributed by atoms with Crippen molar-refractivity contribution in [3.63, 3.8) is 0 Å². The summed E-state index contributed by atoms with van der Waals surface area (Å²) in [5, 5.41) is 2.23. The number of carbonyl (C=O) groups excluding carboxylic acids is 3. The first kappa shape index (κ1) is 24.4.